The second kappa shape index (κ2) is 11.1. The fourth-order valence-corrected chi connectivity index (χ4v) is 2.59. The van der Waals surface area contributed by atoms with Crippen molar-refractivity contribution < 1.29 is 9.90 Å². The monoisotopic (exact) mass is 305 g/mol. The molecule has 0 aliphatic carbocycles. The zero-order chi connectivity index (χ0) is 16.2. The first-order chi connectivity index (χ1) is 10.6. The van der Waals surface area contributed by atoms with Crippen LogP contribution in [-0.4, -0.2) is 17.4 Å². The molecule has 1 aromatic carbocycles. The lowest BCUT2D eigenvalue weighted by molar-refractivity contribution is -0.118. The van der Waals surface area contributed by atoms with Crippen LogP contribution in [0.3, 0.4) is 0 Å². The first kappa shape index (κ1) is 18.5. The summed E-state index contributed by atoms with van der Waals surface area (Å²) in [5.74, 6) is 0.621. The average molecular weight is 305 g/mol. The fourth-order valence-electron chi connectivity index (χ4n) is 2.59. The molecule has 0 heterocycles. The molecule has 0 aliphatic heterocycles. The van der Waals surface area contributed by atoms with Gasteiger partial charge in [0.15, 0.2) is 0 Å². The summed E-state index contributed by atoms with van der Waals surface area (Å²) < 4.78 is 0. The number of benzene rings is 1. The number of hydrogen-bond donors (Lipinski definition) is 2. The molecule has 0 amide bonds. The largest absolute Gasteiger partial charge is 0.508 e. The third kappa shape index (κ3) is 8.06. The van der Waals surface area contributed by atoms with Gasteiger partial charge in [0, 0.05) is 25.1 Å². The van der Waals surface area contributed by atoms with Crippen LogP contribution in [0.15, 0.2) is 18.2 Å². The number of carbonyl (C=O) groups is 1. The second-order valence-corrected chi connectivity index (χ2v) is 6.09. The van der Waals surface area contributed by atoms with Gasteiger partial charge in [0.05, 0.1) is 0 Å². The zero-order valence-corrected chi connectivity index (χ0v) is 14.2. The molecule has 0 bridgehead atoms. The van der Waals surface area contributed by atoms with Crippen molar-refractivity contribution in [2.45, 2.75) is 71.6 Å². The average Bonchev–Trinajstić information content (AvgIpc) is 2.48. The molecule has 22 heavy (non-hydrogen) atoms. The first-order valence-corrected chi connectivity index (χ1v) is 8.68. The van der Waals surface area contributed by atoms with Gasteiger partial charge in [-0.25, -0.2) is 0 Å². The van der Waals surface area contributed by atoms with E-state index in [4.69, 9.17) is 0 Å². The second-order valence-electron chi connectivity index (χ2n) is 6.09. The number of phenols is 1. The molecular weight excluding hydrogens is 274 g/mol. The number of ketones is 1. The molecule has 0 unspecified atom stereocenters. The quantitative estimate of drug-likeness (QED) is 0.411. The first-order valence-electron chi connectivity index (χ1n) is 8.68. The molecule has 3 heteroatoms. The summed E-state index contributed by atoms with van der Waals surface area (Å²) in [5, 5.41) is 12.6. The Labute approximate surface area is 135 Å². The number of unbranched alkanes of at least 4 members (excludes halogenated alkanes) is 6. The Kier molecular flexibility index (Phi) is 9.36. The van der Waals surface area contributed by atoms with Crippen LogP contribution in [0.4, 0.5) is 5.69 Å². The van der Waals surface area contributed by atoms with E-state index in [0.717, 1.165) is 17.7 Å². The topological polar surface area (TPSA) is 49.3 Å². The third-order valence-corrected chi connectivity index (χ3v) is 3.99. The number of Topliss-reactive ketones (excluding diaryl/α,β-unsaturated/α-hetero) is 1. The number of anilines is 1. The van der Waals surface area contributed by atoms with Gasteiger partial charge in [-0.15, -0.1) is 0 Å². The van der Waals surface area contributed by atoms with Gasteiger partial charge in [-0.1, -0.05) is 45.4 Å². The summed E-state index contributed by atoms with van der Waals surface area (Å²) in [6, 6.07) is 5.24. The Balaban J connectivity index is 2.06. The van der Waals surface area contributed by atoms with Gasteiger partial charge in [-0.2, -0.15) is 0 Å². The number of nitrogens with one attached hydrogen (secondary N) is 1. The Morgan fingerprint density at radius 3 is 2.41 bits per heavy atom. The fraction of sp³-hybridized carbons (Fsp3) is 0.632. The number of hydrogen-bond acceptors (Lipinski definition) is 3. The smallest absolute Gasteiger partial charge is 0.134 e. The van der Waals surface area contributed by atoms with Crippen LogP contribution >= 0.6 is 0 Å². The number of aryl methyl sites for hydroxylation is 1. The van der Waals surface area contributed by atoms with Crippen LogP contribution in [0.5, 0.6) is 5.75 Å². The minimum absolute atomic E-state index is 0.276. The number of phenolic OH excluding ortho intramolecular Hbond substituents is 1. The summed E-state index contributed by atoms with van der Waals surface area (Å²) in [6.45, 7) is 4.84. The molecule has 1 rings (SSSR count). The molecule has 0 aromatic heterocycles. The molecule has 0 saturated heterocycles. The summed E-state index contributed by atoms with van der Waals surface area (Å²) in [4.78, 5) is 11.8. The number of carbonyl (C=O) groups excluding carboxylic acids is 1. The molecule has 0 saturated carbocycles. The van der Waals surface area contributed by atoms with Crippen LogP contribution in [0.2, 0.25) is 0 Å². The van der Waals surface area contributed by atoms with Gasteiger partial charge >= 0.3 is 0 Å². The van der Waals surface area contributed by atoms with Crippen molar-refractivity contribution in [3.8, 4) is 5.75 Å². The molecule has 2 N–H and O–H groups in total. The molecular formula is C19H31NO2. The van der Waals surface area contributed by atoms with E-state index in [1.807, 2.05) is 13.0 Å². The van der Waals surface area contributed by atoms with E-state index in [1.54, 1.807) is 12.1 Å². The minimum Gasteiger partial charge on any atom is -0.508 e. The van der Waals surface area contributed by atoms with Gasteiger partial charge in [0.1, 0.15) is 11.5 Å². The molecule has 1 aromatic rings. The van der Waals surface area contributed by atoms with Crippen LogP contribution in [0.1, 0.15) is 70.3 Å². The normalized spacial score (nSPS) is 10.6. The molecule has 0 atom stereocenters. The van der Waals surface area contributed by atoms with E-state index in [-0.39, 0.29) is 5.75 Å². The van der Waals surface area contributed by atoms with Gasteiger partial charge in [-0.3, -0.25) is 4.79 Å². The maximum absolute atomic E-state index is 11.8. The Hall–Kier alpha value is -1.51. The Morgan fingerprint density at radius 2 is 1.73 bits per heavy atom. The van der Waals surface area contributed by atoms with Crippen molar-refractivity contribution in [2.75, 3.05) is 11.9 Å². The molecule has 0 radical (unpaired) electrons. The van der Waals surface area contributed by atoms with Gasteiger partial charge in [0.25, 0.3) is 0 Å². The van der Waals surface area contributed by atoms with E-state index < -0.39 is 0 Å². The van der Waals surface area contributed by atoms with Crippen LogP contribution in [0, 0.1) is 6.92 Å². The molecule has 0 aliphatic rings. The SMILES string of the molecule is CCCCCCCCCC(=O)CCNc1ccc(O)cc1C. The van der Waals surface area contributed by atoms with Crippen molar-refractivity contribution in [3.05, 3.63) is 23.8 Å². The van der Waals surface area contributed by atoms with Crippen molar-refractivity contribution in [1.82, 2.24) is 0 Å². The standard InChI is InChI=1S/C19H31NO2/c1-3-4-5-6-7-8-9-10-17(21)13-14-20-19-12-11-18(22)15-16(19)2/h11-12,15,20,22H,3-10,13-14H2,1-2H3. The minimum atomic E-state index is 0.276. The van der Waals surface area contributed by atoms with E-state index >= 15 is 0 Å². The summed E-state index contributed by atoms with van der Waals surface area (Å²) in [5.41, 5.74) is 1.99. The van der Waals surface area contributed by atoms with Crippen molar-refractivity contribution >= 4 is 11.5 Å². The summed E-state index contributed by atoms with van der Waals surface area (Å²) in [7, 11) is 0. The highest BCUT2D eigenvalue weighted by Crippen LogP contribution is 2.20. The molecule has 3 nitrogen and oxygen atoms in total. The van der Waals surface area contributed by atoms with E-state index in [0.29, 0.717) is 25.2 Å². The van der Waals surface area contributed by atoms with E-state index in [1.165, 1.54) is 38.5 Å². The lowest BCUT2D eigenvalue weighted by atomic mass is 10.1. The van der Waals surface area contributed by atoms with Gasteiger partial charge in [0.2, 0.25) is 0 Å². The highest BCUT2D eigenvalue weighted by atomic mass is 16.3. The lowest BCUT2D eigenvalue weighted by Gasteiger charge is -2.09. The number of aromatic hydroxyl groups is 1. The highest BCUT2D eigenvalue weighted by molar-refractivity contribution is 5.78. The summed E-state index contributed by atoms with van der Waals surface area (Å²) in [6.07, 6.45) is 10.0. The van der Waals surface area contributed by atoms with Crippen molar-refractivity contribution in [2.24, 2.45) is 0 Å². The highest BCUT2D eigenvalue weighted by Gasteiger charge is 2.03. The third-order valence-electron chi connectivity index (χ3n) is 3.99. The predicted molar refractivity (Wildman–Crippen MR) is 93.6 cm³/mol. The maximum atomic E-state index is 11.8. The zero-order valence-electron chi connectivity index (χ0n) is 14.2. The Morgan fingerprint density at radius 1 is 1.05 bits per heavy atom. The van der Waals surface area contributed by atoms with Crippen LogP contribution < -0.4 is 5.32 Å². The maximum Gasteiger partial charge on any atom is 0.134 e. The van der Waals surface area contributed by atoms with Gasteiger partial charge < -0.3 is 10.4 Å². The molecule has 124 valence electrons. The van der Waals surface area contributed by atoms with E-state index in [2.05, 4.69) is 12.2 Å². The Bertz CT molecular complexity index is 443. The number of rotatable bonds is 12. The van der Waals surface area contributed by atoms with Crippen LogP contribution in [0.25, 0.3) is 0 Å². The van der Waals surface area contributed by atoms with Crippen molar-refractivity contribution in [3.63, 3.8) is 0 Å². The molecule has 0 spiro atoms. The van der Waals surface area contributed by atoms with Gasteiger partial charge in [-0.05, 0) is 37.1 Å². The summed E-state index contributed by atoms with van der Waals surface area (Å²) >= 11 is 0. The lowest BCUT2D eigenvalue weighted by Crippen LogP contribution is -2.09. The van der Waals surface area contributed by atoms with E-state index in [9.17, 15) is 9.90 Å². The predicted octanol–water partition coefficient (Wildman–Crippen LogP) is 5.21. The van der Waals surface area contributed by atoms with Crippen molar-refractivity contribution in [1.29, 1.82) is 0 Å². The molecule has 0 fully saturated rings. The van der Waals surface area contributed by atoms with Crippen LogP contribution in [-0.2, 0) is 4.79 Å².